The smallest absolute Gasteiger partial charge is 0.164 e. The van der Waals surface area contributed by atoms with E-state index in [9.17, 15) is 0 Å². The fraction of sp³-hybridized carbons (Fsp3) is 0. The Bertz CT molecular complexity index is 1110. The Balaban J connectivity index is 1.95. The van der Waals surface area contributed by atoms with Crippen LogP contribution in [-0.4, -0.2) is 15.0 Å². The highest BCUT2D eigenvalue weighted by molar-refractivity contribution is 14.1. The molecule has 3 aromatic carbocycles. The summed E-state index contributed by atoms with van der Waals surface area (Å²) >= 11 is 21.7. The lowest BCUT2D eigenvalue weighted by Gasteiger charge is -2.09. The van der Waals surface area contributed by atoms with Gasteiger partial charge in [0.25, 0.3) is 0 Å². The van der Waals surface area contributed by atoms with Crippen molar-refractivity contribution in [3.63, 3.8) is 0 Å². The summed E-state index contributed by atoms with van der Waals surface area (Å²) in [6.07, 6.45) is 0. The molecule has 0 aliphatic heterocycles. The molecule has 0 N–H and O–H groups in total. The van der Waals surface area contributed by atoms with Crippen LogP contribution in [0.2, 0.25) is 10.0 Å². The minimum atomic E-state index is 0.530. The summed E-state index contributed by atoms with van der Waals surface area (Å²) in [5.74, 6) is 1.64. The van der Waals surface area contributed by atoms with Gasteiger partial charge in [-0.25, -0.2) is 15.0 Å². The monoisotopic (exact) mass is 659 g/mol. The Kier molecular flexibility index (Phi) is 6.56. The molecule has 4 aromatic rings. The zero-order valence-corrected chi connectivity index (χ0v) is 21.3. The minimum Gasteiger partial charge on any atom is -0.208 e. The summed E-state index contributed by atoms with van der Waals surface area (Å²) in [7, 11) is 0. The van der Waals surface area contributed by atoms with Crippen molar-refractivity contribution >= 4 is 77.7 Å². The van der Waals surface area contributed by atoms with Gasteiger partial charge in [0.1, 0.15) is 0 Å². The van der Waals surface area contributed by atoms with E-state index < -0.39 is 0 Å². The van der Waals surface area contributed by atoms with Crippen LogP contribution in [0.15, 0.2) is 69.6 Å². The number of hydrogen-bond acceptors (Lipinski definition) is 3. The van der Waals surface area contributed by atoms with Crippen molar-refractivity contribution in [2.24, 2.45) is 0 Å². The summed E-state index contributed by atoms with van der Waals surface area (Å²) < 4.78 is 2.84. The van der Waals surface area contributed by atoms with Crippen LogP contribution in [-0.2, 0) is 0 Å². The minimum absolute atomic E-state index is 0.530. The highest BCUT2D eigenvalue weighted by atomic mass is 127. The third-order valence-electron chi connectivity index (χ3n) is 3.98. The van der Waals surface area contributed by atoms with Gasteiger partial charge in [-0.05, 0) is 71.1 Å². The first-order valence-corrected chi connectivity index (χ1v) is 11.7. The van der Waals surface area contributed by atoms with Gasteiger partial charge in [-0.3, -0.25) is 0 Å². The van der Waals surface area contributed by atoms with Crippen LogP contribution in [0.4, 0.5) is 0 Å². The Morgan fingerprint density at radius 1 is 0.586 bits per heavy atom. The quantitative estimate of drug-likeness (QED) is 0.207. The van der Waals surface area contributed by atoms with E-state index >= 15 is 0 Å². The Morgan fingerprint density at radius 3 is 1.41 bits per heavy atom. The highest BCUT2D eigenvalue weighted by Crippen LogP contribution is 2.31. The molecule has 1 heterocycles. The maximum atomic E-state index is 6.25. The van der Waals surface area contributed by atoms with Crippen molar-refractivity contribution in [3.8, 4) is 34.2 Å². The van der Waals surface area contributed by atoms with Crippen molar-refractivity contribution in [1.29, 1.82) is 0 Å². The number of rotatable bonds is 3. The third kappa shape index (κ3) is 5.17. The molecule has 0 atom stereocenters. The van der Waals surface area contributed by atoms with Gasteiger partial charge < -0.3 is 0 Å². The number of hydrogen-bond donors (Lipinski definition) is 0. The Morgan fingerprint density at radius 2 is 1.00 bits per heavy atom. The van der Waals surface area contributed by atoms with Crippen LogP contribution in [0.1, 0.15) is 0 Å². The van der Waals surface area contributed by atoms with Crippen molar-refractivity contribution in [2.45, 2.75) is 0 Å². The second-order valence-electron chi connectivity index (χ2n) is 6.13. The van der Waals surface area contributed by atoms with Gasteiger partial charge >= 0.3 is 0 Å². The topological polar surface area (TPSA) is 38.7 Å². The maximum absolute atomic E-state index is 6.25. The van der Waals surface area contributed by atoms with Crippen molar-refractivity contribution in [3.05, 3.63) is 83.2 Å². The van der Waals surface area contributed by atoms with Gasteiger partial charge in [0.2, 0.25) is 0 Å². The standard InChI is InChI=1S/C21H10Br2Cl2IN3/c22-14-5-12(7-16(24)9-14)20-27-19(11-1-3-18(26)4-2-11)28-21(29-20)13-6-15(23)10-17(25)8-13/h1-10H. The molecule has 0 unspecified atom stereocenters. The number of aromatic nitrogens is 3. The molecule has 0 radical (unpaired) electrons. The number of halogens is 5. The Labute approximate surface area is 208 Å². The molecular formula is C21H10Br2Cl2IN3. The normalized spacial score (nSPS) is 10.9. The van der Waals surface area contributed by atoms with Gasteiger partial charge in [0, 0.05) is 39.3 Å². The second kappa shape index (κ2) is 8.98. The van der Waals surface area contributed by atoms with E-state index in [1.54, 1.807) is 0 Å². The molecule has 4 rings (SSSR count). The molecular weight excluding hydrogens is 652 g/mol. The molecule has 29 heavy (non-hydrogen) atoms. The van der Waals surface area contributed by atoms with Crippen LogP contribution in [0.3, 0.4) is 0 Å². The van der Waals surface area contributed by atoms with Crippen LogP contribution in [0.5, 0.6) is 0 Å². The third-order valence-corrected chi connectivity index (χ3v) is 6.05. The molecule has 8 heteroatoms. The summed E-state index contributed by atoms with van der Waals surface area (Å²) in [6, 6.07) is 19.2. The first-order valence-electron chi connectivity index (χ1n) is 8.32. The van der Waals surface area contributed by atoms with Crippen LogP contribution in [0.25, 0.3) is 34.2 Å². The average molecular weight is 662 g/mol. The molecule has 0 fully saturated rings. The van der Waals surface area contributed by atoms with Crippen LogP contribution < -0.4 is 0 Å². The van der Waals surface area contributed by atoms with Crippen LogP contribution >= 0.6 is 77.7 Å². The summed E-state index contributed by atoms with van der Waals surface area (Å²) in [4.78, 5) is 14.1. The lowest BCUT2D eigenvalue weighted by atomic mass is 10.1. The first kappa shape index (κ1) is 21.2. The van der Waals surface area contributed by atoms with E-state index in [0.29, 0.717) is 27.5 Å². The van der Waals surface area contributed by atoms with Gasteiger partial charge in [-0.2, -0.15) is 0 Å². The zero-order chi connectivity index (χ0) is 20.5. The highest BCUT2D eigenvalue weighted by Gasteiger charge is 2.14. The summed E-state index contributed by atoms with van der Waals surface area (Å²) in [5, 5.41) is 1.19. The fourth-order valence-electron chi connectivity index (χ4n) is 2.73. The van der Waals surface area contributed by atoms with Crippen molar-refractivity contribution in [1.82, 2.24) is 15.0 Å². The lowest BCUT2D eigenvalue weighted by Crippen LogP contribution is -2.00. The number of nitrogens with zero attached hydrogens (tertiary/aromatic N) is 3. The zero-order valence-electron chi connectivity index (χ0n) is 14.5. The van der Waals surface area contributed by atoms with Gasteiger partial charge in [-0.1, -0.05) is 67.2 Å². The molecule has 0 aliphatic carbocycles. The first-order chi connectivity index (χ1) is 13.9. The lowest BCUT2D eigenvalue weighted by molar-refractivity contribution is 1.07. The van der Waals surface area contributed by atoms with E-state index in [1.165, 1.54) is 0 Å². The summed E-state index contributed by atoms with van der Waals surface area (Å²) in [5.41, 5.74) is 2.49. The van der Waals surface area contributed by atoms with Crippen LogP contribution in [0, 0.1) is 3.57 Å². The maximum Gasteiger partial charge on any atom is 0.164 e. The molecule has 3 nitrogen and oxygen atoms in total. The Hall–Kier alpha value is -1.06. The molecule has 0 aliphatic rings. The largest absolute Gasteiger partial charge is 0.208 e. The summed E-state index contributed by atoms with van der Waals surface area (Å²) in [6.45, 7) is 0. The van der Waals surface area contributed by atoms with Crippen molar-refractivity contribution in [2.75, 3.05) is 0 Å². The molecule has 1 aromatic heterocycles. The van der Waals surface area contributed by atoms with Gasteiger partial charge in [0.15, 0.2) is 17.5 Å². The average Bonchev–Trinajstić information content (AvgIpc) is 2.67. The predicted octanol–water partition coefficient (Wildman–Crippen LogP) is 8.31. The predicted molar refractivity (Wildman–Crippen MR) is 134 cm³/mol. The van der Waals surface area contributed by atoms with E-state index in [1.807, 2.05) is 60.7 Å². The second-order valence-corrected chi connectivity index (χ2v) is 10.1. The molecule has 0 saturated carbocycles. The van der Waals surface area contributed by atoms with E-state index in [4.69, 9.17) is 38.2 Å². The molecule has 144 valence electrons. The molecule has 0 bridgehead atoms. The van der Waals surface area contributed by atoms with E-state index in [-0.39, 0.29) is 0 Å². The van der Waals surface area contributed by atoms with E-state index in [0.717, 1.165) is 29.2 Å². The van der Waals surface area contributed by atoms with Crippen molar-refractivity contribution < 1.29 is 0 Å². The molecule has 0 spiro atoms. The molecule has 0 amide bonds. The number of benzene rings is 3. The molecule has 0 saturated heterocycles. The van der Waals surface area contributed by atoms with E-state index in [2.05, 4.69) is 54.5 Å². The fourth-order valence-corrected chi connectivity index (χ4v) is 4.81. The van der Waals surface area contributed by atoms with Gasteiger partial charge in [0.05, 0.1) is 0 Å². The van der Waals surface area contributed by atoms with Gasteiger partial charge in [-0.15, -0.1) is 0 Å². The SMILES string of the molecule is Clc1cc(Br)cc(-c2nc(-c3ccc(I)cc3)nc(-c3cc(Cl)cc(Br)c3)n2)c1.